The Morgan fingerprint density at radius 1 is 0.243 bits per heavy atom. The van der Waals surface area contributed by atoms with Crippen molar-refractivity contribution in [2.24, 2.45) is 0 Å². The summed E-state index contributed by atoms with van der Waals surface area (Å²) in [4.78, 5) is 5.36. The molecule has 11 aromatic carbocycles. The fourth-order valence-corrected chi connectivity index (χ4v) is 12.1. The van der Waals surface area contributed by atoms with Gasteiger partial charge < -0.3 is 4.57 Å². The molecule has 0 aliphatic heterocycles. The van der Waals surface area contributed by atoms with Crippen LogP contribution in [0.3, 0.4) is 0 Å². The molecule has 3 heterocycles. The van der Waals surface area contributed by atoms with E-state index in [9.17, 15) is 0 Å². The van der Waals surface area contributed by atoms with Crippen LogP contribution in [0.25, 0.3) is 137 Å². The van der Waals surface area contributed by atoms with Crippen LogP contribution >= 0.6 is 11.3 Å². The van der Waals surface area contributed by atoms with Crippen molar-refractivity contribution in [3.8, 4) is 95.0 Å². The topological polar surface area (TPSA) is 17.8 Å². The van der Waals surface area contributed by atoms with Gasteiger partial charge in [0.1, 0.15) is 0 Å². The van der Waals surface area contributed by atoms with Crippen LogP contribution in [0.5, 0.6) is 0 Å². The first-order chi connectivity index (χ1) is 36.7. The molecule has 0 spiro atoms. The summed E-state index contributed by atoms with van der Waals surface area (Å²) < 4.78 is 5.04. The summed E-state index contributed by atoms with van der Waals surface area (Å²) in [6, 6.07) is 101. The normalized spacial score (nSPS) is 11.5. The third-order valence-electron chi connectivity index (χ3n) is 14.7. The third kappa shape index (κ3) is 7.79. The number of thiophene rings is 1. The number of aromatic nitrogens is 2. The first-order valence-corrected chi connectivity index (χ1v) is 26.1. The smallest absolute Gasteiger partial charge is 0.0715 e. The molecule has 0 bridgehead atoms. The predicted octanol–water partition coefficient (Wildman–Crippen LogP) is 19.9. The molecule has 3 aromatic heterocycles. The third-order valence-corrected chi connectivity index (χ3v) is 15.8. The molecule has 0 radical (unpaired) electrons. The van der Waals surface area contributed by atoms with Crippen LogP contribution in [-0.2, 0) is 0 Å². The molecule has 14 aromatic rings. The minimum Gasteiger partial charge on any atom is -0.309 e. The molecule has 74 heavy (non-hydrogen) atoms. The highest BCUT2D eigenvalue weighted by Gasteiger charge is 2.18. The van der Waals surface area contributed by atoms with Crippen LogP contribution in [0.4, 0.5) is 0 Å². The lowest BCUT2D eigenvalue weighted by atomic mass is 9.89. The van der Waals surface area contributed by atoms with Crippen molar-refractivity contribution in [2.75, 3.05) is 0 Å². The molecule has 14 rings (SSSR count). The minimum atomic E-state index is 0.927. The maximum Gasteiger partial charge on any atom is 0.0715 e. The molecule has 0 amide bonds. The Morgan fingerprint density at radius 3 is 1.26 bits per heavy atom. The summed E-state index contributed by atoms with van der Waals surface area (Å²) in [6.07, 6.45) is 0. The van der Waals surface area contributed by atoms with Gasteiger partial charge in [-0.15, -0.1) is 11.3 Å². The summed E-state index contributed by atoms with van der Waals surface area (Å²) in [5.41, 5.74) is 21.8. The maximum absolute atomic E-state index is 5.36. The van der Waals surface area contributed by atoms with Gasteiger partial charge in [-0.2, -0.15) is 0 Å². The van der Waals surface area contributed by atoms with Gasteiger partial charge in [0.15, 0.2) is 0 Å². The highest BCUT2D eigenvalue weighted by molar-refractivity contribution is 7.25. The number of fused-ring (bicyclic) bond motifs is 6. The number of para-hydroxylation sites is 1. The highest BCUT2D eigenvalue weighted by Crippen LogP contribution is 2.43. The van der Waals surface area contributed by atoms with Gasteiger partial charge in [0.2, 0.25) is 0 Å². The molecule has 0 aliphatic rings. The van der Waals surface area contributed by atoms with Crippen molar-refractivity contribution in [2.45, 2.75) is 0 Å². The van der Waals surface area contributed by atoms with Crippen LogP contribution in [0.2, 0.25) is 0 Å². The van der Waals surface area contributed by atoms with E-state index < -0.39 is 0 Å². The molecule has 0 fully saturated rings. The Morgan fingerprint density at radius 2 is 0.649 bits per heavy atom. The molecule has 2 nitrogen and oxygen atoms in total. The van der Waals surface area contributed by atoms with E-state index >= 15 is 0 Å². The van der Waals surface area contributed by atoms with Crippen LogP contribution < -0.4 is 0 Å². The van der Waals surface area contributed by atoms with Gasteiger partial charge in [-0.1, -0.05) is 218 Å². The van der Waals surface area contributed by atoms with Crippen molar-refractivity contribution in [3.63, 3.8) is 0 Å². The van der Waals surface area contributed by atoms with E-state index in [4.69, 9.17) is 4.98 Å². The molecule has 0 unspecified atom stereocenters. The van der Waals surface area contributed by atoms with Crippen molar-refractivity contribution in [3.05, 3.63) is 279 Å². The van der Waals surface area contributed by atoms with Gasteiger partial charge in [-0.05, 0) is 127 Å². The fourth-order valence-electron chi connectivity index (χ4n) is 11.0. The van der Waals surface area contributed by atoms with E-state index in [-0.39, 0.29) is 0 Å². The molecule has 3 heteroatoms. The second-order valence-corrected chi connectivity index (χ2v) is 20.1. The van der Waals surface area contributed by atoms with Crippen LogP contribution in [0.15, 0.2) is 279 Å². The van der Waals surface area contributed by atoms with Crippen molar-refractivity contribution < 1.29 is 0 Å². The summed E-state index contributed by atoms with van der Waals surface area (Å²) in [6.45, 7) is 0. The lowest BCUT2D eigenvalue weighted by Gasteiger charge is -2.15. The van der Waals surface area contributed by atoms with E-state index in [1.807, 2.05) is 11.3 Å². The Labute approximate surface area is 434 Å². The second kappa shape index (κ2) is 18.3. The number of pyridine rings is 1. The monoisotopic (exact) mass is 958 g/mol. The molecular weight excluding hydrogens is 913 g/mol. The van der Waals surface area contributed by atoms with E-state index in [1.54, 1.807) is 0 Å². The molecule has 0 N–H and O–H groups in total. The number of nitrogens with zero attached hydrogens (tertiary/aromatic N) is 2. The predicted molar refractivity (Wildman–Crippen MR) is 315 cm³/mol. The average Bonchev–Trinajstić information content (AvgIpc) is 4.03. The van der Waals surface area contributed by atoms with Crippen LogP contribution in [0, 0.1) is 0 Å². The first-order valence-electron chi connectivity index (χ1n) is 25.3. The maximum atomic E-state index is 5.36. The summed E-state index contributed by atoms with van der Waals surface area (Å²) in [7, 11) is 0. The number of rotatable bonds is 9. The lowest BCUT2D eigenvalue weighted by molar-refractivity contribution is 1.18. The Balaban J connectivity index is 0.833. The Kier molecular flexibility index (Phi) is 10.7. The fraction of sp³-hybridized carbons (Fsp3) is 0. The number of benzene rings is 11. The summed E-state index contributed by atoms with van der Waals surface area (Å²) in [5.74, 6) is 0. The molecule has 0 saturated carbocycles. The zero-order chi connectivity index (χ0) is 49.0. The van der Waals surface area contributed by atoms with E-state index in [2.05, 4.69) is 284 Å². The van der Waals surface area contributed by atoms with Crippen LogP contribution in [0.1, 0.15) is 0 Å². The van der Waals surface area contributed by atoms with Crippen molar-refractivity contribution >= 4 is 53.3 Å². The van der Waals surface area contributed by atoms with Gasteiger partial charge in [0.25, 0.3) is 0 Å². The van der Waals surface area contributed by atoms with Gasteiger partial charge in [-0.3, -0.25) is 0 Å². The molecule has 0 atom stereocenters. The quantitative estimate of drug-likeness (QED) is 0.141. The second-order valence-electron chi connectivity index (χ2n) is 19.0. The van der Waals surface area contributed by atoms with E-state index in [0.717, 1.165) is 44.8 Å². The molecular formula is C71H46N2S. The lowest BCUT2D eigenvalue weighted by Crippen LogP contribution is -1.95. The summed E-state index contributed by atoms with van der Waals surface area (Å²) >= 11 is 1.86. The standard InChI is InChI=1S/C71H46N2S/c1-3-15-47(16-4-1)49-27-29-51(30-28-49)56-45-66(52-33-31-50(32-34-52)48-17-5-2-6-18-48)72-67(46-56)53-35-39-57(40-36-53)73-68-25-13-11-23-62(68)64-43-54(37-41-69(64)73)58-19-7-9-21-60(58)61-22-10-8-20-59(61)55-38-42-71-65(44-55)63-24-12-14-26-70(63)74-71/h1-46H. The number of hydrogen-bond donors (Lipinski definition) is 0. The van der Waals surface area contributed by atoms with Crippen molar-refractivity contribution in [1.82, 2.24) is 9.55 Å². The largest absolute Gasteiger partial charge is 0.309 e. The van der Waals surface area contributed by atoms with E-state index in [1.165, 1.54) is 92.1 Å². The number of hydrogen-bond acceptors (Lipinski definition) is 2. The SMILES string of the molecule is c1ccc(-c2ccc(-c3cc(-c4ccc(-c5ccccc5)cc4)nc(-c4ccc(-n5c6ccccc6c6cc(-c7ccccc7-c7ccccc7-c7ccc8sc9ccccc9c8c7)ccc65)cc4)c3)cc2)cc1. The average molecular weight is 959 g/mol. The van der Waals surface area contributed by atoms with Gasteiger partial charge >= 0.3 is 0 Å². The highest BCUT2D eigenvalue weighted by atomic mass is 32.1. The summed E-state index contributed by atoms with van der Waals surface area (Å²) in [5, 5.41) is 5.06. The van der Waals surface area contributed by atoms with Gasteiger partial charge in [0, 0.05) is 47.8 Å². The van der Waals surface area contributed by atoms with E-state index in [0.29, 0.717) is 0 Å². The minimum absolute atomic E-state index is 0.927. The van der Waals surface area contributed by atoms with Gasteiger partial charge in [0.05, 0.1) is 22.4 Å². The molecule has 0 aliphatic carbocycles. The van der Waals surface area contributed by atoms with Crippen molar-refractivity contribution in [1.29, 1.82) is 0 Å². The first kappa shape index (κ1) is 43.4. The Hall–Kier alpha value is -9.41. The van der Waals surface area contributed by atoms with Crippen LogP contribution in [-0.4, -0.2) is 9.55 Å². The molecule has 346 valence electrons. The Bertz CT molecular complexity index is 4270. The molecule has 0 saturated heterocycles. The van der Waals surface area contributed by atoms with Gasteiger partial charge in [-0.25, -0.2) is 4.98 Å². The zero-order valence-corrected chi connectivity index (χ0v) is 41.2. The zero-order valence-electron chi connectivity index (χ0n) is 40.4.